The number of nitrogens with zero attached hydrogens (tertiary/aromatic N) is 2. The van der Waals surface area contributed by atoms with Crippen LogP contribution in [0.1, 0.15) is 64.2 Å². The molecule has 1 amide bonds. The van der Waals surface area contributed by atoms with Crippen LogP contribution in [0.2, 0.25) is 0 Å². The summed E-state index contributed by atoms with van der Waals surface area (Å²) >= 11 is 0. The molecule has 0 aromatic heterocycles. The molecule has 0 spiro atoms. The molecule has 2 saturated heterocycles. The van der Waals surface area contributed by atoms with Gasteiger partial charge in [-0.3, -0.25) is 9.69 Å². The average Bonchev–Trinajstić information content (AvgIpc) is 3.13. The van der Waals surface area contributed by atoms with Gasteiger partial charge in [0.1, 0.15) is 0 Å². The third-order valence-electron chi connectivity index (χ3n) is 6.59. The molecule has 4 nitrogen and oxygen atoms in total. The molecule has 0 aromatic rings. The molecule has 3 rings (SSSR count). The van der Waals surface area contributed by atoms with Crippen molar-refractivity contribution in [1.29, 1.82) is 0 Å². The second-order valence-electron chi connectivity index (χ2n) is 8.45. The number of hydrogen-bond acceptors (Lipinski definition) is 3. The third kappa shape index (κ3) is 5.19. The lowest BCUT2D eigenvalue weighted by atomic mass is 9.93. The molecule has 1 saturated carbocycles. The van der Waals surface area contributed by atoms with Crippen molar-refractivity contribution in [1.82, 2.24) is 15.1 Å². The first-order valence-corrected chi connectivity index (χ1v) is 10.4. The first-order chi connectivity index (χ1) is 11.7. The van der Waals surface area contributed by atoms with E-state index in [1.807, 2.05) is 0 Å². The molecule has 24 heavy (non-hydrogen) atoms. The second kappa shape index (κ2) is 9.19. The molecule has 2 aliphatic heterocycles. The average molecular weight is 336 g/mol. The van der Waals surface area contributed by atoms with Crippen LogP contribution in [0.25, 0.3) is 0 Å². The van der Waals surface area contributed by atoms with Gasteiger partial charge in [-0.25, -0.2) is 0 Å². The molecule has 1 aliphatic carbocycles. The SMILES string of the molecule is CN1CCC(N2CCC[C@@H](C(=O)NCCCC3CCCC3)C2)CC1. The Balaban J connectivity index is 1.35. The van der Waals surface area contributed by atoms with Gasteiger partial charge in [0.15, 0.2) is 0 Å². The van der Waals surface area contributed by atoms with Crippen LogP contribution in [0.3, 0.4) is 0 Å². The number of hydrogen-bond donors (Lipinski definition) is 1. The number of carbonyl (C=O) groups is 1. The lowest BCUT2D eigenvalue weighted by Crippen LogP contribution is -2.50. The summed E-state index contributed by atoms with van der Waals surface area (Å²) in [5, 5.41) is 3.23. The fourth-order valence-corrected chi connectivity index (χ4v) is 4.96. The first kappa shape index (κ1) is 18.2. The Morgan fingerprint density at radius 3 is 2.50 bits per heavy atom. The van der Waals surface area contributed by atoms with Gasteiger partial charge in [-0.05, 0) is 71.1 Å². The van der Waals surface area contributed by atoms with Crippen molar-refractivity contribution in [2.75, 3.05) is 39.8 Å². The molecular weight excluding hydrogens is 298 g/mol. The summed E-state index contributed by atoms with van der Waals surface area (Å²) in [6, 6.07) is 0.708. The second-order valence-corrected chi connectivity index (χ2v) is 8.45. The molecule has 0 unspecified atom stereocenters. The topological polar surface area (TPSA) is 35.6 Å². The van der Waals surface area contributed by atoms with Crippen molar-refractivity contribution in [3.05, 3.63) is 0 Å². The van der Waals surface area contributed by atoms with Gasteiger partial charge in [-0.2, -0.15) is 0 Å². The molecule has 4 heteroatoms. The quantitative estimate of drug-likeness (QED) is 0.758. The standard InChI is InChI=1S/C20H37N3O/c1-22-14-10-19(11-15-22)23-13-5-9-18(16-23)20(24)21-12-4-8-17-6-2-3-7-17/h17-19H,2-16H2,1H3,(H,21,24)/t18-/m1/s1. The minimum absolute atomic E-state index is 0.227. The van der Waals surface area contributed by atoms with Crippen LogP contribution < -0.4 is 5.32 Å². The molecule has 0 aromatic carbocycles. The van der Waals surface area contributed by atoms with Gasteiger partial charge >= 0.3 is 0 Å². The summed E-state index contributed by atoms with van der Waals surface area (Å²) in [6.45, 7) is 5.49. The van der Waals surface area contributed by atoms with E-state index in [0.29, 0.717) is 11.9 Å². The van der Waals surface area contributed by atoms with E-state index in [1.165, 1.54) is 77.4 Å². The molecule has 1 N–H and O–H groups in total. The third-order valence-corrected chi connectivity index (χ3v) is 6.59. The van der Waals surface area contributed by atoms with Crippen molar-refractivity contribution in [2.24, 2.45) is 11.8 Å². The van der Waals surface area contributed by atoms with E-state index in [-0.39, 0.29) is 5.92 Å². The maximum Gasteiger partial charge on any atom is 0.224 e. The zero-order chi connectivity index (χ0) is 16.8. The zero-order valence-corrected chi connectivity index (χ0v) is 15.6. The van der Waals surface area contributed by atoms with E-state index in [1.54, 1.807) is 0 Å². The predicted molar refractivity (Wildman–Crippen MR) is 99.0 cm³/mol. The van der Waals surface area contributed by atoms with Gasteiger partial charge in [0.05, 0.1) is 5.92 Å². The summed E-state index contributed by atoms with van der Waals surface area (Å²) in [5.41, 5.74) is 0. The Morgan fingerprint density at radius 1 is 1.00 bits per heavy atom. The van der Waals surface area contributed by atoms with Gasteiger partial charge in [-0.15, -0.1) is 0 Å². The molecule has 1 atom stereocenters. The van der Waals surface area contributed by atoms with Crippen LogP contribution >= 0.6 is 0 Å². The number of rotatable bonds is 6. The molecule has 3 aliphatic rings. The van der Waals surface area contributed by atoms with E-state index in [2.05, 4.69) is 22.2 Å². The Morgan fingerprint density at radius 2 is 1.75 bits per heavy atom. The number of carbonyl (C=O) groups excluding carboxylic acids is 1. The number of piperidine rings is 2. The molecule has 0 bridgehead atoms. The molecule has 138 valence electrons. The summed E-state index contributed by atoms with van der Waals surface area (Å²) in [4.78, 5) is 17.6. The highest BCUT2D eigenvalue weighted by atomic mass is 16.1. The number of amides is 1. The lowest BCUT2D eigenvalue weighted by molar-refractivity contribution is -0.127. The van der Waals surface area contributed by atoms with Gasteiger partial charge in [0, 0.05) is 19.1 Å². The zero-order valence-electron chi connectivity index (χ0n) is 15.6. The van der Waals surface area contributed by atoms with E-state index in [4.69, 9.17) is 0 Å². The highest BCUT2D eigenvalue weighted by Gasteiger charge is 2.31. The van der Waals surface area contributed by atoms with Crippen molar-refractivity contribution < 1.29 is 4.79 Å². The largest absolute Gasteiger partial charge is 0.356 e. The molecular formula is C20H37N3O. The monoisotopic (exact) mass is 335 g/mol. The van der Waals surface area contributed by atoms with Crippen molar-refractivity contribution in [3.8, 4) is 0 Å². The first-order valence-electron chi connectivity index (χ1n) is 10.4. The lowest BCUT2D eigenvalue weighted by Gasteiger charge is -2.41. The Hall–Kier alpha value is -0.610. The number of likely N-dealkylation sites (tertiary alicyclic amines) is 2. The Kier molecular flexibility index (Phi) is 6.96. The number of nitrogens with one attached hydrogen (secondary N) is 1. The smallest absolute Gasteiger partial charge is 0.224 e. The predicted octanol–water partition coefficient (Wildman–Crippen LogP) is 2.88. The minimum atomic E-state index is 0.227. The van der Waals surface area contributed by atoms with Crippen LogP contribution in [0.5, 0.6) is 0 Å². The van der Waals surface area contributed by atoms with Crippen molar-refractivity contribution in [2.45, 2.75) is 70.3 Å². The molecule has 3 fully saturated rings. The fourth-order valence-electron chi connectivity index (χ4n) is 4.96. The Bertz CT molecular complexity index is 386. The van der Waals surface area contributed by atoms with Crippen LogP contribution in [-0.2, 0) is 4.79 Å². The molecule has 2 heterocycles. The highest BCUT2D eigenvalue weighted by Crippen LogP contribution is 2.28. The summed E-state index contributed by atoms with van der Waals surface area (Å²) in [7, 11) is 2.22. The van der Waals surface area contributed by atoms with Gasteiger partial charge in [0.2, 0.25) is 5.91 Å². The normalized spacial score (nSPS) is 28.3. The van der Waals surface area contributed by atoms with Crippen LogP contribution in [0, 0.1) is 11.8 Å². The van der Waals surface area contributed by atoms with Crippen molar-refractivity contribution in [3.63, 3.8) is 0 Å². The van der Waals surface area contributed by atoms with Crippen molar-refractivity contribution >= 4 is 5.91 Å². The maximum absolute atomic E-state index is 12.5. The fraction of sp³-hybridized carbons (Fsp3) is 0.950. The van der Waals surface area contributed by atoms with Gasteiger partial charge < -0.3 is 10.2 Å². The van der Waals surface area contributed by atoms with Crippen LogP contribution in [-0.4, -0.2) is 61.5 Å². The maximum atomic E-state index is 12.5. The van der Waals surface area contributed by atoms with Crippen LogP contribution in [0.15, 0.2) is 0 Å². The van der Waals surface area contributed by atoms with Gasteiger partial charge in [-0.1, -0.05) is 25.7 Å². The minimum Gasteiger partial charge on any atom is -0.356 e. The van der Waals surface area contributed by atoms with E-state index < -0.39 is 0 Å². The highest BCUT2D eigenvalue weighted by molar-refractivity contribution is 5.78. The summed E-state index contributed by atoms with van der Waals surface area (Å²) < 4.78 is 0. The summed E-state index contributed by atoms with van der Waals surface area (Å²) in [6.07, 6.45) is 13.0. The van der Waals surface area contributed by atoms with E-state index >= 15 is 0 Å². The Labute approximate surface area is 148 Å². The summed E-state index contributed by atoms with van der Waals surface area (Å²) in [5.74, 6) is 1.49. The van der Waals surface area contributed by atoms with E-state index in [0.717, 1.165) is 25.4 Å². The van der Waals surface area contributed by atoms with Gasteiger partial charge in [0.25, 0.3) is 0 Å². The van der Waals surface area contributed by atoms with E-state index in [9.17, 15) is 4.79 Å². The van der Waals surface area contributed by atoms with Crippen LogP contribution in [0.4, 0.5) is 0 Å². The molecule has 0 radical (unpaired) electrons.